The van der Waals surface area contributed by atoms with E-state index in [9.17, 15) is 8.42 Å². The molecular weight excluding hydrogens is 354 g/mol. The first-order valence-corrected chi connectivity index (χ1v) is 10.0. The molecule has 0 aliphatic rings. The van der Waals surface area contributed by atoms with E-state index < -0.39 is 10.0 Å². The van der Waals surface area contributed by atoms with E-state index in [4.69, 9.17) is 0 Å². The third kappa shape index (κ3) is 3.04. The molecular formula is C18H15N3O2S2. The quantitative estimate of drug-likeness (QED) is 0.587. The molecule has 1 N–H and O–H groups in total. The third-order valence-electron chi connectivity index (χ3n) is 3.85. The van der Waals surface area contributed by atoms with E-state index in [2.05, 4.69) is 15.1 Å². The molecule has 0 saturated heterocycles. The molecule has 0 unspecified atom stereocenters. The largest absolute Gasteiger partial charge is 0.294 e. The zero-order chi connectivity index (χ0) is 17.4. The predicted molar refractivity (Wildman–Crippen MR) is 100 cm³/mol. The van der Waals surface area contributed by atoms with Gasteiger partial charge in [-0.25, -0.2) is 13.4 Å². The molecule has 0 aliphatic carbocycles. The van der Waals surface area contributed by atoms with Gasteiger partial charge in [0.2, 0.25) is 0 Å². The highest BCUT2D eigenvalue weighted by Gasteiger charge is 2.14. The lowest BCUT2D eigenvalue weighted by Crippen LogP contribution is -2.12. The van der Waals surface area contributed by atoms with Crippen molar-refractivity contribution >= 4 is 32.0 Å². The van der Waals surface area contributed by atoms with Gasteiger partial charge in [-0.3, -0.25) is 9.12 Å². The van der Waals surface area contributed by atoms with Gasteiger partial charge >= 0.3 is 0 Å². The van der Waals surface area contributed by atoms with Crippen LogP contribution in [0.1, 0.15) is 5.69 Å². The van der Waals surface area contributed by atoms with Crippen LogP contribution in [0.15, 0.2) is 71.1 Å². The van der Waals surface area contributed by atoms with Crippen molar-refractivity contribution in [2.45, 2.75) is 11.8 Å². The minimum Gasteiger partial charge on any atom is -0.294 e. The number of nitrogens with one attached hydrogen (secondary N) is 1. The van der Waals surface area contributed by atoms with Crippen molar-refractivity contribution in [1.29, 1.82) is 0 Å². The molecule has 0 spiro atoms. The Morgan fingerprint density at radius 2 is 1.88 bits per heavy atom. The summed E-state index contributed by atoms with van der Waals surface area (Å²) in [5.41, 5.74) is 3.31. The van der Waals surface area contributed by atoms with E-state index in [-0.39, 0.29) is 4.90 Å². The molecule has 0 saturated carbocycles. The zero-order valence-electron chi connectivity index (χ0n) is 13.4. The van der Waals surface area contributed by atoms with Gasteiger partial charge in [0.1, 0.15) is 0 Å². The molecule has 0 aliphatic heterocycles. The summed E-state index contributed by atoms with van der Waals surface area (Å²) in [6, 6.07) is 15.6. The van der Waals surface area contributed by atoms with Crippen LogP contribution in [0.4, 0.5) is 5.69 Å². The molecule has 2 aromatic heterocycles. The van der Waals surface area contributed by atoms with Crippen LogP contribution in [0, 0.1) is 6.92 Å². The predicted octanol–water partition coefficient (Wildman–Crippen LogP) is 4.17. The van der Waals surface area contributed by atoms with Crippen molar-refractivity contribution in [3.8, 4) is 11.3 Å². The lowest BCUT2D eigenvalue weighted by molar-refractivity contribution is 0.601. The highest BCUT2D eigenvalue weighted by molar-refractivity contribution is 7.92. The number of rotatable bonds is 4. The first-order valence-electron chi connectivity index (χ1n) is 7.64. The number of aromatic nitrogens is 2. The second-order valence-electron chi connectivity index (χ2n) is 5.66. The molecule has 0 radical (unpaired) electrons. The monoisotopic (exact) mass is 369 g/mol. The topological polar surface area (TPSA) is 63.5 Å². The minimum atomic E-state index is -3.61. The van der Waals surface area contributed by atoms with E-state index in [1.54, 1.807) is 53.8 Å². The second kappa shape index (κ2) is 6.02. The second-order valence-corrected chi connectivity index (χ2v) is 8.17. The van der Waals surface area contributed by atoms with E-state index in [1.807, 2.05) is 29.7 Å². The maximum Gasteiger partial charge on any atom is 0.261 e. The molecule has 7 heteroatoms. The summed E-state index contributed by atoms with van der Waals surface area (Å²) in [6.07, 6.45) is 1.96. The molecule has 5 nitrogen and oxygen atoms in total. The Hall–Kier alpha value is -2.64. The van der Waals surface area contributed by atoms with E-state index in [0.717, 1.165) is 21.9 Å². The summed E-state index contributed by atoms with van der Waals surface area (Å²) in [6.45, 7) is 2.03. The number of thiazole rings is 1. The number of nitrogens with zero attached hydrogens (tertiary/aromatic N) is 2. The number of sulfonamides is 1. The zero-order valence-corrected chi connectivity index (χ0v) is 15.0. The van der Waals surface area contributed by atoms with Gasteiger partial charge < -0.3 is 0 Å². The summed E-state index contributed by atoms with van der Waals surface area (Å²) in [5.74, 6) is 0. The fraction of sp³-hybridized carbons (Fsp3) is 0.0556. The van der Waals surface area contributed by atoms with Crippen LogP contribution in [-0.4, -0.2) is 17.8 Å². The highest BCUT2D eigenvalue weighted by Crippen LogP contribution is 2.26. The maximum atomic E-state index is 12.5. The van der Waals surface area contributed by atoms with Crippen molar-refractivity contribution in [2.75, 3.05) is 4.72 Å². The van der Waals surface area contributed by atoms with Gasteiger partial charge in [-0.05, 0) is 31.2 Å². The van der Waals surface area contributed by atoms with Crippen LogP contribution in [0.25, 0.3) is 16.2 Å². The van der Waals surface area contributed by atoms with Crippen molar-refractivity contribution in [3.63, 3.8) is 0 Å². The van der Waals surface area contributed by atoms with Crippen LogP contribution in [0.3, 0.4) is 0 Å². The Balaban J connectivity index is 1.67. The Morgan fingerprint density at radius 3 is 2.64 bits per heavy atom. The van der Waals surface area contributed by atoms with Gasteiger partial charge in [0.25, 0.3) is 10.0 Å². The lowest BCUT2D eigenvalue weighted by atomic mass is 10.1. The lowest BCUT2D eigenvalue weighted by Gasteiger charge is -2.09. The molecule has 126 valence electrons. The third-order valence-corrected chi connectivity index (χ3v) is 6.21. The minimum absolute atomic E-state index is 0.235. The standard InChI is InChI=1S/C18H15N3O2S2/c1-13-12-24-18-19-17(11-21(13)18)14-6-5-7-15(10-14)20-25(22,23)16-8-3-2-4-9-16/h2-12,20H,1H3. The van der Waals surface area contributed by atoms with Gasteiger partial charge in [0.05, 0.1) is 10.6 Å². The Labute approximate surface area is 149 Å². The van der Waals surface area contributed by atoms with Crippen LogP contribution in [0.2, 0.25) is 0 Å². The summed E-state index contributed by atoms with van der Waals surface area (Å²) in [5, 5.41) is 2.05. The molecule has 4 rings (SSSR count). The molecule has 4 aromatic rings. The van der Waals surface area contributed by atoms with E-state index in [1.165, 1.54) is 0 Å². The van der Waals surface area contributed by atoms with Crippen LogP contribution in [-0.2, 0) is 10.0 Å². The van der Waals surface area contributed by atoms with E-state index in [0.29, 0.717) is 5.69 Å². The van der Waals surface area contributed by atoms with Crippen molar-refractivity contribution < 1.29 is 8.42 Å². The molecule has 25 heavy (non-hydrogen) atoms. The normalized spacial score (nSPS) is 11.7. The van der Waals surface area contributed by atoms with Crippen molar-refractivity contribution in [3.05, 3.63) is 71.9 Å². The Kier molecular flexibility index (Phi) is 3.82. The number of anilines is 1. The Morgan fingerprint density at radius 1 is 1.08 bits per heavy atom. The first kappa shape index (κ1) is 15.9. The van der Waals surface area contributed by atoms with Gasteiger partial charge in [-0.1, -0.05) is 30.3 Å². The van der Waals surface area contributed by atoms with Gasteiger partial charge in [-0.2, -0.15) is 0 Å². The smallest absolute Gasteiger partial charge is 0.261 e. The molecule has 2 heterocycles. The van der Waals surface area contributed by atoms with Crippen molar-refractivity contribution in [1.82, 2.24) is 9.38 Å². The summed E-state index contributed by atoms with van der Waals surface area (Å²) >= 11 is 1.58. The SMILES string of the molecule is Cc1csc2nc(-c3cccc(NS(=O)(=O)c4ccccc4)c3)cn12. The molecule has 0 fully saturated rings. The summed E-state index contributed by atoms with van der Waals surface area (Å²) in [7, 11) is -3.61. The number of hydrogen-bond donors (Lipinski definition) is 1. The number of aryl methyl sites for hydroxylation is 1. The van der Waals surface area contributed by atoms with Gasteiger partial charge in [-0.15, -0.1) is 11.3 Å². The Bertz CT molecular complexity index is 1150. The van der Waals surface area contributed by atoms with E-state index >= 15 is 0 Å². The van der Waals surface area contributed by atoms with Crippen LogP contribution < -0.4 is 4.72 Å². The fourth-order valence-corrected chi connectivity index (χ4v) is 4.51. The van der Waals surface area contributed by atoms with Crippen LogP contribution in [0.5, 0.6) is 0 Å². The number of imidazole rings is 1. The van der Waals surface area contributed by atoms with Gasteiger partial charge in [0, 0.05) is 28.5 Å². The van der Waals surface area contributed by atoms with Gasteiger partial charge in [0.15, 0.2) is 4.96 Å². The number of hydrogen-bond acceptors (Lipinski definition) is 4. The number of fused-ring (bicyclic) bond motifs is 1. The molecule has 0 atom stereocenters. The average Bonchev–Trinajstić information content (AvgIpc) is 3.18. The fourth-order valence-electron chi connectivity index (χ4n) is 2.59. The van der Waals surface area contributed by atoms with Crippen LogP contribution >= 0.6 is 11.3 Å². The number of benzene rings is 2. The summed E-state index contributed by atoms with van der Waals surface area (Å²) < 4.78 is 29.6. The molecule has 0 amide bonds. The summed E-state index contributed by atoms with van der Waals surface area (Å²) in [4.78, 5) is 5.76. The first-order chi connectivity index (χ1) is 12.0. The van der Waals surface area contributed by atoms with Crippen molar-refractivity contribution in [2.24, 2.45) is 0 Å². The molecule has 0 bridgehead atoms. The maximum absolute atomic E-state index is 12.5. The highest BCUT2D eigenvalue weighted by atomic mass is 32.2. The molecule has 2 aromatic carbocycles. The average molecular weight is 369 g/mol.